The van der Waals surface area contributed by atoms with Crippen LogP contribution in [0.2, 0.25) is 0 Å². The Kier molecular flexibility index (Phi) is 5.17. The van der Waals surface area contributed by atoms with Crippen molar-refractivity contribution in [3.63, 3.8) is 0 Å². The van der Waals surface area contributed by atoms with E-state index in [-0.39, 0.29) is 17.2 Å². The van der Waals surface area contributed by atoms with Gasteiger partial charge in [0.05, 0.1) is 21.3 Å². The predicted molar refractivity (Wildman–Crippen MR) is 103 cm³/mol. The van der Waals surface area contributed by atoms with Crippen LogP contribution in [0.1, 0.15) is 23.7 Å². The topological polar surface area (TPSA) is 136 Å². The molecule has 1 unspecified atom stereocenters. The monoisotopic (exact) mass is 388 g/mol. The number of primary amides is 2. The van der Waals surface area contributed by atoms with E-state index < -0.39 is 23.7 Å². The summed E-state index contributed by atoms with van der Waals surface area (Å²) in [6.45, 7) is 1.72. The molecule has 0 spiro atoms. The van der Waals surface area contributed by atoms with Gasteiger partial charge < -0.3 is 22.1 Å². The van der Waals surface area contributed by atoms with Crippen molar-refractivity contribution in [3.05, 3.63) is 41.2 Å². The molecule has 2 aromatic heterocycles. The number of benzene rings is 1. The van der Waals surface area contributed by atoms with Crippen molar-refractivity contribution in [1.29, 1.82) is 0 Å². The first-order valence-corrected chi connectivity index (χ1v) is 8.93. The average molecular weight is 388 g/mol. The molecule has 1 atom stereocenters. The number of rotatable bonds is 7. The van der Waals surface area contributed by atoms with Crippen molar-refractivity contribution in [3.8, 4) is 0 Å². The number of nitrogens with zero attached hydrogens (tertiary/aromatic N) is 2. The molecule has 0 radical (unpaired) electrons. The van der Waals surface area contributed by atoms with Crippen LogP contribution in [0.5, 0.6) is 0 Å². The van der Waals surface area contributed by atoms with Gasteiger partial charge in [0, 0.05) is 5.69 Å². The van der Waals surface area contributed by atoms with E-state index in [0.29, 0.717) is 12.1 Å². The number of aromatic nitrogens is 2. The summed E-state index contributed by atoms with van der Waals surface area (Å²) in [5, 5.41) is 5.60. The van der Waals surface area contributed by atoms with Crippen LogP contribution < -0.4 is 22.1 Å². The first-order chi connectivity index (χ1) is 12.9. The van der Waals surface area contributed by atoms with Crippen LogP contribution in [0.25, 0.3) is 10.2 Å². The number of halogens is 1. The summed E-state index contributed by atoms with van der Waals surface area (Å²) in [5.41, 5.74) is 13.6. The Morgan fingerprint density at radius 2 is 2.04 bits per heavy atom. The van der Waals surface area contributed by atoms with Crippen LogP contribution >= 0.6 is 11.3 Å². The van der Waals surface area contributed by atoms with Gasteiger partial charge in [0.2, 0.25) is 5.91 Å². The molecular weight excluding hydrogens is 371 g/mol. The molecule has 140 valence electrons. The van der Waals surface area contributed by atoms with E-state index in [1.807, 2.05) is 6.07 Å². The van der Waals surface area contributed by atoms with Gasteiger partial charge in [0.15, 0.2) is 11.6 Å². The highest BCUT2D eigenvalue weighted by Gasteiger charge is 2.20. The minimum absolute atomic E-state index is 0.0558. The third kappa shape index (κ3) is 3.95. The van der Waals surface area contributed by atoms with E-state index in [0.717, 1.165) is 16.3 Å². The summed E-state index contributed by atoms with van der Waals surface area (Å²) >= 11 is 1.49. The van der Waals surface area contributed by atoms with Crippen molar-refractivity contribution in [2.24, 2.45) is 11.5 Å². The molecule has 0 fully saturated rings. The summed E-state index contributed by atoms with van der Waals surface area (Å²) in [6.07, 6.45) is 0.345. The maximum absolute atomic E-state index is 14.3. The maximum Gasteiger partial charge on any atom is 0.252 e. The van der Waals surface area contributed by atoms with E-state index in [9.17, 15) is 14.0 Å². The van der Waals surface area contributed by atoms with Gasteiger partial charge >= 0.3 is 0 Å². The standard InChI is InChI=1S/C17H17FN6O2S/c1-2-11(15(20)26)23-17-10(18)6-9(14(19)25)16(24-17)22-8-3-4-13-12(5-8)21-7-27-13/h3-7,11H,2H2,1H3,(H2,19,25)(H2,20,26)(H2,22,23,24). The van der Waals surface area contributed by atoms with Crippen molar-refractivity contribution in [2.75, 3.05) is 10.6 Å². The minimum atomic E-state index is -0.841. The number of fused-ring (bicyclic) bond motifs is 1. The Balaban J connectivity index is 1.99. The lowest BCUT2D eigenvalue weighted by Crippen LogP contribution is -2.35. The number of carbonyl (C=O) groups is 2. The van der Waals surface area contributed by atoms with Gasteiger partial charge in [0.1, 0.15) is 11.9 Å². The van der Waals surface area contributed by atoms with Crippen LogP contribution in [0.15, 0.2) is 29.8 Å². The van der Waals surface area contributed by atoms with Crippen molar-refractivity contribution >= 4 is 50.7 Å². The molecule has 0 saturated carbocycles. The number of anilines is 3. The second-order valence-electron chi connectivity index (χ2n) is 5.75. The van der Waals surface area contributed by atoms with Gasteiger partial charge in [-0.15, -0.1) is 11.3 Å². The lowest BCUT2D eigenvalue weighted by atomic mass is 10.2. The summed E-state index contributed by atoms with van der Waals surface area (Å²) in [7, 11) is 0. The number of nitrogens with one attached hydrogen (secondary N) is 2. The fraction of sp³-hybridized carbons (Fsp3) is 0.176. The molecule has 10 heteroatoms. The van der Waals surface area contributed by atoms with Crippen molar-refractivity contribution in [1.82, 2.24) is 9.97 Å². The zero-order chi connectivity index (χ0) is 19.6. The van der Waals surface area contributed by atoms with Gasteiger partial charge in [-0.25, -0.2) is 14.4 Å². The van der Waals surface area contributed by atoms with Crippen LogP contribution in [-0.2, 0) is 4.79 Å². The molecule has 1 aromatic carbocycles. The maximum atomic E-state index is 14.3. The quantitative estimate of drug-likeness (QED) is 0.490. The zero-order valence-electron chi connectivity index (χ0n) is 14.3. The molecule has 0 saturated heterocycles. The molecule has 2 amide bonds. The predicted octanol–water partition coefficient (Wildman–Crippen LogP) is 2.35. The molecule has 0 aliphatic heterocycles. The molecule has 6 N–H and O–H groups in total. The van der Waals surface area contributed by atoms with Crippen LogP contribution in [0.4, 0.5) is 21.7 Å². The lowest BCUT2D eigenvalue weighted by Gasteiger charge is -2.17. The molecule has 27 heavy (non-hydrogen) atoms. The van der Waals surface area contributed by atoms with Crippen LogP contribution in [0.3, 0.4) is 0 Å². The van der Waals surface area contributed by atoms with Crippen molar-refractivity contribution in [2.45, 2.75) is 19.4 Å². The fourth-order valence-corrected chi connectivity index (χ4v) is 3.14. The molecule has 3 rings (SSSR count). The molecule has 3 aromatic rings. The molecule has 8 nitrogen and oxygen atoms in total. The second-order valence-corrected chi connectivity index (χ2v) is 6.63. The number of amides is 2. The van der Waals surface area contributed by atoms with Gasteiger partial charge in [-0.1, -0.05) is 6.92 Å². The number of pyridine rings is 1. The fourth-order valence-electron chi connectivity index (χ4n) is 2.48. The zero-order valence-corrected chi connectivity index (χ0v) is 15.1. The van der Waals surface area contributed by atoms with E-state index in [1.165, 1.54) is 11.3 Å². The highest BCUT2D eigenvalue weighted by molar-refractivity contribution is 7.16. The Bertz CT molecular complexity index is 1020. The van der Waals surface area contributed by atoms with Gasteiger partial charge in [-0.05, 0) is 30.7 Å². The number of thiazole rings is 1. The first kappa shape index (κ1) is 18.5. The molecule has 2 heterocycles. The van der Waals surface area contributed by atoms with E-state index in [1.54, 1.807) is 24.6 Å². The first-order valence-electron chi connectivity index (χ1n) is 8.05. The van der Waals surface area contributed by atoms with Crippen molar-refractivity contribution < 1.29 is 14.0 Å². The lowest BCUT2D eigenvalue weighted by molar-refractivity contribution is -0.118. The number of carbonyl (C=O) groups excluding carboxylic acids is 2. The van der Waals surface area contributed by atoms with E-state index >= 15 is 0 Å². The van der Waals surface area contributed by atoms with E-state index in [2.05, 4.69) is 20.6 Å². The summed E-state index contributed by atoms with van der Waals surface area (Å²) in [4.78, 5) is 31.4. The molecular formula is C17H17FN6O2S. The molecule has 0 aliphatic carbocycles. The minimum Gasteiger partial charge on any atom is -0.368 e. The second kappa shape index (κ2) is 7.54. The Morgan fingerprint density at radius 1 is 1.26 bits per heavy atom. The largest absolute Gasteiger partial charge is 0.368 e. The van der Waals surface area contributed by atoms with Crippen LogP contribution in [0, 0.1) is 5.82 Å². The molecule has 0 aliphatic rings. The highest BCUT2D eigenvalue weighted by atomic mass is 32.1. The highest BCUT2D eigenvalue weighted by Crippen LogP contribution is 2.27. The molecule has 0 bridgehead atoms. The van der Waals surface area contributed by atoms with Crippen LogP contribution in [-0.4, -0.2) is 27.8 Å². The third-order valence-electron chi connectivity index (χ3n) is 3.90. The SMILES string of the molecule is CCC(Nc1nc(Nc2ccc3scnc3c2)c(C(N)=O)cc1F)C(N)=O. The van der Waals surface area contributed by atoms with Gasteiger partial charge in [0.25, 0.3) is 5.91 Å². The third-order valence-corrected chi connectivity index (χ3v) is 4.71. The average Bonchev–Trinajstić information content (AvgIpc) is 3.08. The summed E-state index contributed by atoms with van der Waals surface area (Å²) in [6, 6.07) is 5.58. The summed E-state index contributed by atoms with van der Waals surface area (Å²) in [5.74, 6) is -2.44. The number of nitrogens with two attached hydrogens (primary N) is 2. The van der Waals surface area contributed by atoms with E-state index in [4.69, 9.17) is 11.5 Å². The Morgan fingerprint density at radius 3 is 2.70 bits per heavy atom. The number of hydrogen-bond donors (Lipinski definition) is 4. The normalized spacial score (nSPS) is 11.9. The summed E-state index contributed by atoms with van der Waals surface area (Å²) < 4.78 is 15.3. The Hall–Kier alpha value is -3.27. The number of hydrogen-bond acceptors (Lipinski definition) is 7. The van der Waals surface area contributed by atoms with Gasteiger partial charge in [-0.3, -0.25) is 9.59 Å². The smallest absolute Gasteiger partial charge is 0.252 e. The van der Waals surface area contributed by atoms with Gasteiger partial charge in [-0.2, -0.15) is 0 Å². The Labute approximate surface area is 157 Å².